The molecule has 0 aliphatic carbocycles. The quantitative estimate of drug-likeness (QED) is 0.0424. The topological polar surface area (TPSA) is 340 Å². The Morgan fingerprint density at radius 3 is 1.19 bits per heavy atom. The minimum absolute atomic E-state index is 0. The molecule has 0 heterocycles. The van der Waals surface area contributed by atoms with E-state index in [0.29, 0.717) is 0 Å². The molecule has 0 saturated carbocycles. The number of aliphatic hydroxyl groups excluding tert-OH is 1. The number of methoxy groups -OCH3 is 3. The average Bonchev–Trinajstić information content (AvgIpc) is 2.93. The molecule has 0 aromatic carbocycles. The van der Waals surface area contributed by atoms with E-state index < -0.39 is 61.5 Å². The molecule has 0 aliphatic heterocycles. The van der Waals surface area contributed by atoms with Gasteiger partial charge in [-0.25, -0.2) is 19.2 Å². The number of aliphatic carboxylic acids is 2. The fraction of sp³-hybridized carbons (Fsp3) is 0.625. The van der Waals surface area contributed by atoms with Gasteiger partial charge in [0.25, 0.3) is 0 Å². The molecule has 0 aromatic rings. The van der Waals surface area contributed by atoms with Gasteiger partial charge in [0.2, 0.25) is 48.2 Å². The van der Waals surface area contributed by atoms with Crippen LogP contribution < -0.4 is 21.7 Å². The summed E-state index contributed by atoms with van der Waals surface area (Å²) in [6.07, 6.45) is -2.96. The predicted molar refractivity (Wildman–Crippen MR) is 164 cm³/mol. The number of carbonyl (C=O) groups excluding carboxylic acids is 7. The minimum atomic E-state index is -3.72. The summed E-state index contributed by atoms with van der Waals surface area (Å²) >= 11 is 0. The fourth-order valence-corrected chi connectivity index (χ4v) is 2.89. The van der Waals surface area contributed by atoms with E-state index in [1.54, 1.807) is 5.32 Å². The number of aliphatic hydroxyl groups is 1. The van der Waals surface area contributed by atoms with E-state index in [-0.39, 0.29) is 40.4 Å². The molecular formula is C24H51N4O18P. The number of carboxylic acid groups (broad SMARTS) is 2. The number of carbonyl (C=O) groups is 9. The first kappa shape index (κ1) is 61.5. The van der Waals surface area contributed by atoms with E-state index in [2.05, 4.69) is 39.6 Å². The molecule has 22 nitrogen and oxygen atoms in total. The molecule has 3 unspecified atom stereocenters. The maximum Gasteiger partial charge on any atom is 0.368 e. The van der Waals surface area contributed by atoms with E-state index in [9.17, 15) is 38.1 Å². The van der Waals surface area contributed by atoms with Gasteiger partial charge in [-0.15, -0.1) is 0 Å². The van der Waals surface area contributed by atoms with Crippen molar-refractivity contribution in [2.45, 2.75) is 68.2 Å². The zero-order chi connectivity index (χ0) is 36.2. The van der Waals surface area contributed by atoms with Crippen molar-refractivity contribution in [3.63, 3.8) is 0 Å². The van der Waals surface area contributed by atoms with Crippen LogP contribution in [0, 0.1) is 0 Å². The van der Waals surface area contributed by atoms with Crippen LogP contribution in [0.25, 0.3) is 0 Å². The minimum Gasteiger partial charge on any atom is -0.478 e. The number of nitrogens with one attached hydrogen (secondary N) is 3. The lowest BCUT2D eigenvalue weighted by Gasteiger charge is -2.22. The third kappa shape index (κ3) is 41.5. The third-order valence-corrected chi connectivity index (χ3v) is 5.24. The van der Waals surface area contributed by atoms with Crippen LogP contribution >= 0.6 is 7.60 Å². The summed E-state index contributed by atoms with van der Waals surface area (Å²) < 4.78 is 34.3. The second-order valence-corrected chi connectivity index (χ2v) is 9.21. The fourth-order valence-electron chi connectivity index (χ4n) is 1.62. The summed E-state index contributed by atoms with van der Waals surface area (Å²) in [4.78, 5) is 90.1. The molecule has 47 heavy (non-hydrogen) atoms. The number of esters is 2. The molecule has 0 spiro atoms. The van der Waals surface area contributed by atoms with Crippen LogP contribution in [0.15, 0.2) is 0 Å². The van der Waals surface area contributed by atoms with Gasteiger partial charge in [0.05, 0.1) is 14.2 Å². The molecule has 0 aliphatic rings. The smallest absolute Gasteiger partial charge is 0.368 e. The number of hydrogen-bond donors (Lipinski definition) is 7. The van der Waals surface area contributed by atoms with Crippen molar-refractivity contribution < 1.29 is 86.3 Å². The zero-order valence-corrected chi connectivity index (χ0v) is 26.2. The van der Waals surface area contributed by atoms with Crippen molar-refractivity contribution in [3.05, 3.63) is 0 Å². The second kappa shape index (κ2) is 36.0. The number of ether oxygens (including phenoxy) is 3. The molecule has 0 saturated heterocycles. The lowest BCUT2D eigenvalue weighted by molar-refractivity contribution is -0.156. The number of primary amides is 1. The van der Waals surface area contributed by atoms with E-state index in [1.807, 2.05) is 0 Å². The number of aldehydes is 1. The maximum atomic E-state index is 11.8. The molecule has 0 radical (unpaired) electrons. The van der Waals surface area contributed by atoms with Gasteiger partial charge in [0.15, 0.2) is 0 Å². The van der Waals surface area contributed by atoms with Crippen LogP contribution in [0.2, 0.25) is 0 Å². The summed E-state index contributed by atoms with van der Waals surface area (Å²) in [5.74, 6) is -7.66. The number of nitrogens with two attached hydrogens (primary N) is 1. The summed E-state index contributed by atoms with van der Waals surface area (Å²) in [7, 11) is 2.13. The molecule has 0 fully saturated rings. The van der Waals surface area contributed by atoms with Gasteiger partial charge in [-0.3, -0.25) is 28.5 Å². The van der Waals surface area contributed by atoms with Gasteiger partial charge in [-0.05, 0) is 0 Å². The number of rotatable bonds is 11. The van der Waals surface area contributed by atoms with Crippen LogP contribution in [0.3, 0.4) is 0 Å². The number of carboxylic acids is 2. The highest BCUT2D eigenvalue weighted by Crippen LogP contribution is 2.50. The molecule has 8 N–H and O–H groups in total. The van der Waals surface area contributed by atoms with Crippen molar-refractivity contribution in [2.75, 3.05) is 35.5 Å². The van der Waals surface area contributed by atoms with Gasteiger partial charge >= 0.3 is 31.5 Å². The Morgan fingerprint density at radius 1 is 0.702 bits per heavy atom. The maximum absolute atomic E-state index is 11.8. The number of amides is 4. The lowest BCUT2D eigenvalue weighted by Crippen LogP contribution is -2.41. The standard InChI is InChI=1S/C7H14NO6P.C6H11NO4.C4H7NO4.C2H5NO.C2H2O3.3CH4/c1-5(9)8-6(7(10)12-2)15(11,13-3)14-4;1-4(8)7-5(10-2)6(9)11-3;1-2(6)5-3(7)4(8)9;1-2(3)4;3-1-2(4)5;;;/h6H,1-4H3,(H,8,9);5H,1-3H3,(H,7,8);3,7H,1H3,(H,5,6)(H,8,9);1H3,(H2,3,4);1H,(H,4,5);3*1H4. The van der Waals surface area contributed by atoms with E-state index >= 15 is 0 Å². The highest BCUT2D eigenvalue weighted by atomic mass is 31.2. The molecule has 4 amide bonds. The van der Waals surface area contributed by atoms with Crippen LogP contribution in [0.5, 0.6) is 0 Å². The highest BCUT2D eigenvalue weighted by molar-refractivity contribution is 7.55. The molecule has 3 atom stereocenters. The van der Waals surface area contributed by atoms with E-state index in [0.717, 1.165) is 28.3 Å². The van der Waals surface area contributed by atoms with Crippen LogP contribution in [-0.2, 0) is 71.0 Å². The average molecular weight is 715 g/mol. The Labute approximate surface area is 273 Å². The Kier molecular flexibility index (Phi) is 47.1. The Balaban J connectivity index is -0.0000000709. The van der Waals surface area contributed by atoms with Gasteiger partial charge < -0.3 is 60.3 Å². The van der Waals surface area contributed by atoms with E-state index in [4.69, 9.17) is 24.9 Å². The van der Waals surface area contributed by atoms with Crippen molar-refractivity contribution in [1.82, 2.24) is 16.0 Å². The predicted octanol–water partition coefficient (Wildman–Crippen LogP) is -1.43. The van der Waals surface area contributed by atoms with Crippen molar-refractivity contribution in [3.8, 4) is 0 Å². The molecule has 0 bridgehead atoms. The van der Waals surface area contributed by atoms with E-state index in [1.165, 1.54) is 35.0 Å². The molecule has 280 valence electrons. The second-order valence-electron chi connectivity index (χ2n) is 6.88. The molecule has 0 aromatic heterocycles. The number of hydrogen-bond acceptors (Lipinski definition) is 16. The van der Waals surface area contributed by atoms with Crippen molar-refractivity contribution in [2.24, 2.45) is 5.73 Å². The van der Waals surface area contributed by atoms with Crippen LogP contribution in [-0.4, -0.2) is 123 Å². The van der Waals surface area contributed by atoms with Gasteiger partial charge in [-0.1, -0.05) is 22.3 Å². The molecular weight excluding hydrogens is 663 g/mol. The summed E-state index contributed by atoms with van der Waals surface area (Å²) in [5, 5.41) is 29.8. The first-order valence-electron chi connectivity index (χ1n) is 11.1. The monoisotopic (exact) mass is 714 g/mol. The molecule has 0 rings (SSSR count). The first-order valence-corrected chi connectivity index (χ1v) is 12.7. The van der Waals surface area contributed by atoms with Crippen LogP contribution in [0.4, 0.5) is 0 Å². The SMILES string of the molecule is C.C.C.CC(=O)NC(O)C(=O)O.CC(N)=O.COC(=O)C(NC(C)=O)OC.COC(=O)C(NC(C)=O)P(=O)(OC)OC.O=CC(=O)O. The van der Waals surface area contributed by atoms with Crippen molar-refractivity contribution >= 4 is 61.4 Å². The van der Waals surface area contributed by atoms with Crippen molar-refractivity contribution in [1.29, 1.82) is 0 Å². The first-order chi connectivity index (χ1) is 20.1. The van der Waals surface area contributed by atoms with Gasteiger partial charge in [0, 0.05) is 49.0 Å². The lowest BCUT2D eigenvalue weighted by atomic mass is 10.5. The summed E-state index contributed by atoms with van der Waals surface area (Å²) in [5.41, 5.74) is 4.47. The Morgan fingerprint density at radius 2 is 1.02 bits per heavy atom. The highest BCUT2D eigenvalue weighted by Gasteiger charge is 2.41. The Bertz CT molecular complexity index is 996. The normalized spacial score (nSPS) is 10.5. The molecule has 23 heteroatoms. The van der Waals surface area contributed by atoms with Crippen LogP contribution in [0.1, 0.15) is 50.0 Å². The zero-order valence-electron chi connectivity index (χ0n) is 25.3. The van der Waals surface area contributed by atoms with Gasteiger partial charge in [0.1, 0.15) is 0 Å². The van der Waals surface area contributed by atoms with Gasteiger partial charge in [-0.2, -0.15) is 0 Å². The summed E-state index contributed by atoms with van der Waals surface area (Å²) in [6.45, 7) is 4.88. The summed E-state index contributed by atoms with van der Waals surface area (Å²) in [6, 6.07) is 0. The Hall–Kier alpha value is -4.50. The largest absolute Gasteiger partial charge is 0.478 e. The third-order valence-electron chi connectivity index (χ3n) is 3.25.